The van der Waals surface area contributed by atoms with E-state index in [0.29, 0.717) is 24.9 Å². The Labute approximate surface area is 124 Å². The molecule has 0 bridgehead atoms. The largest absolute Gasteiger partial charge is 0.476 e. The highest BCUT2D eigenvalue weighted by Gasteiger charge is 2.24. The number of carboxylic acid groups (broad SMARTS) is 1. The third kappa shape index (κ3) is 4.21. The van der Waals surface area contributed by atoms with E-state index in [0.717, 1.165) is 19.5 Å². The van der Waals surface area contributed by atoms with Gasteiger partial charge in [0.1, 0.15) is 0 Å². The number of imidazole rings is 1. The van der Waals surface area contributed by atoms with Gasteiger partial charge in [-0.2, -0.15) is 0 Å². The molecule has 1 fully saturated rings. The van der Waals surface area contributed by atoms with Gasteiger partial charge in [0.15, 0.2) is 5.69 Å². The number of carbonyl (C=O) groups excluding carboxylic acids is 1. The normalized spacial score (nSPS) is 22.1. The van der Waals surface area contributed by atoms with Crippen molar-refractivity contribution in [2.75, 3.05) is 19.6 Å². The molecule has 1 aromatic rings. The summed E-state index contributed by atoms with van der Waals surface area (Å²) in [7, 11) is 0. The summed E-state index contributed by atoms with van der Waals surface area (Å²) in [5, 5.41) is 11.7. The predicted molar refractivity (Wildman–Crippen MR) is 77.1 cm³/mol. The molecule has 0 aliphatic carbocycles. The SMILES string of the molecule is CC1CC(C)CN(C(=O)NCCn2cnc(C(=O)O)c2)C1. The van der Waals surface area contributed by atoms with E-state index in [9.17, 15) is 9.59 Å². The summed E-state index contributed by atoms with van der Waals surface area (Å²) < 4.78 is 1.66. The van der Waals surface area contributed by atoms with Crippen LogP contribution in [0.1, 0.15) is 30.8 Å². The molecule has 7 nitrogen and oxygen atoms in total. The highest BCUT2D eigenvalue weighted by atomic mass is 16.4. The lowest BCUT2D eigenvalue weighted by Crippen LogP contribution is -2.48. The minimum Gasteiger partial charge on any atom is -0.476 e. The number of piperidine rings is 1. The van der Waals surface area contributed by atoms with Gasteiger partial charge in [-0.1, -0.05) is 13.8 Å². The Morgan fingerprint density at radius 2 is 2.05 bits per heavy atom. The van der Waals surface area contributed by atoms with E-state index in [2.05, 4.69) is 24.1 Å². The van der Waals surface area contributed by atoms with Gasteiger partial charge < -0.3 is 19.9 Å². The van der Waals surface area contributed by atoms with E-state index >= 15 is 0 Å². The third-order valence-electron chi connectivity index (χ3n) is 3.65. The van der Waals surface area contributed by atoms with Gasteiger partial charge in [0.25, 0.3) is 0 Å². The second kappa shape index (κ2) is 6.60. The minimum absolute atomic E-state index is 0.0139. The summed E-state index contributed by atoms with van der Waals surface area (Å²) in [5.74, 6) is 0.0200. The van der Waals surface area contributed by atoms with Gasteiger partial charge >= 0.3 is 12.0 Å². The van der Waals surface area contributed by atoms with E-state index in [-0.39, 0.29) is 11.7 Å². The van der Waals surface area contributed by atoms with E-state index < -0.39 is 5.97 Å². The number of nitrogens with zero attached hydrogens (tertiary/aromatic N) is 3. The van der Waals surface area contributed by atoms with E-state index in [1.165, 1.54) is 12.5 Å². The molecule has 1 aliphatic rings. The number of nitrogens with one attached hydrogen (secondary N) is 1. The van der Waals surface area contributed by atoms with Gasteiger partial charge in [-0.25, -0.2) is 14.6 Å². The highest BCUT2D eigenvalue weighted by molar-refractivity contribution is 5.84. The molecule has 2 heterocycles. The molecule has 2 unspecified atom stereocenters. The lowest BCUT2D eigenvalue weighted by molar-refractivity contribution is 0.0691. The molecule has 7 heteroatoms. The molecule has 0 radical (unpaired) electrons. The van der Waals surface area contributed by atoms with Crippen LogP contribution in [0, 0.1) is 11.8 Å². The Morgan fingerprint density at radius 1 is 1.38 bits per heavy atom. The van der Waals surface area contributed by atoms with Crippen LogP contribution in [0.3, 0.4) is 0 Å². The van der Waals surface area contributed by atoms with Crippen LogP contribution in [0.15, 0.2) is 12.5 Å². The second-order valence-electron chi connectivity index (χ2n) is 5.88. The summed E-state index contributed by atoms with van der Waals surface area (Å²) in [6.45, 7) is 6.87. The Kier molecular flexibility index (Phi) is 4.82. The van der Waals surface area contributed by atoms with Crippen molar-refractivity contribution in [2.45, 2.75) is 26.8 Å². The number of rotatable bonds is 4. The van der Waals surface area contributed by atoms with Crippen LogP contribution < -0.4 is 5.32 Å². The van der Waals surface area contributed by atoms with Gasteiger partial charge in [-0.05, 0) is 18.3 Å². The number of carbonyl (C=O) groups is 2. The third-order valence-corrected chi connectivity index (χ3v) is 3.65. The lowest BCUT2D eigenvalue weighted by atomic mass is 9.92. The summed E-state index contributed by atoms with van der Waals surface area (Å²) in [5.41, 5.74) is 0.0139. The number of hydrogen-bond donors (Lipinski definition) is 2. The predicted octanol–water partition coefficient (Wildman–Crippen LogP) is 1.27. The first-order valence-corrected chi connectivity index (χ1v) is 7.23. The number of hydrogen-bond acceptors (Lipinski definition) is 3. The quantitative estimate of drug-likeness (QED) is 0.875. The monoisotopic (exact) mass is 294 g/mol. The molecule has 2 atom stereocenters. The molecule has 0 aromatic carbocycles. The Bertz CT molecular complexity index is 504. The van der Waals surface area contributed by atoms with Crippen molar-refractivity contribution in [3.63, 3.8) is 0 Å². The standard InChI is InChI=1S/C14H22N4O3/c1-10-5-11(2)7-18(6-10)14(21)15-3-4-17-8-12(13(19)20)16-9-17/h8-11H,3-7H2,1-2H3,(H,15,21)(H,19,20). The van der Waals surface area contributed by atoms with Crippen LogP contribution in [-0.2, 0) is 6.54 Å². The van der Waals surface area contributed by atoms with Crippen molar-refractivity contribution in [2.24, 2.45) is 11.8 Å². The van der Waals surface area contributed by atoms with Gasteiger partial charge in [0.05, 0.1) is 6.33 Å². The molecule has 21 heavy (non-hydrogen) atoms. The summed E-state index contributed by atoms with van der Waals surface area (Å²) in [4.78, 5) is 28.4. The first-order chi connectivity index (χ1) is 9.95. The van der Waals surface area contributed by atoms with Crippen molar-refractivity contribution in [1.29, 1.82) is 0 Å². The topological polar surface area (TPSA) is 87.5 Å². The van der Waals surface area contributed by atoms with Crippen molar-refractivity contribution in [3.05, 3.63) is 18.2 Å². The fourth-order valence-electron chi connectivity index (χ4n) is 2.83. The van der Waals surface area contributed by atoms with Crippen molar-refractivity contribution < 1.29 is 14.7 Å². The van der Waals surface area contributed by atoms with Crippen LogP contribution in [0.25, 0.3) is 0 Å². The second-order valence-corrected chi connectivity index (χ2v) is 5.88. The molecule has 0 spiro atoms. The average Bonchev–Trinajstić information content (AvgIpc) is 2.86. The molecular formula is C14H22N4O3. The molecule has 116 valence electrons. The summed E-state index contributed by atoms with van der Waals surface area (Å²) in [6, 6.07) is -0.0491. The molecule has 2 N–H and O–H groups in total. The van der Waals surface area contributed by atoms with Crippen molar-refractivity contribution in [1.82, 2.24) is 19.8 Å². The molecule has 1 aromatic heterocycles. The minimum atomic E-state index is -1.05. The van der Waals surface area contributed by atoms with Gasteiger partial charge in [-0.15, -0.1) is 0 Å². The van der Waals surface area contributed by atoms with Crippen LogP contribution in [0.2, 0.25) is 0 Å². The molecule has 0 saturated carbocycles. The molecule has 2 rings (SSSR count). The zero-order chi connectivity index (χ0) is 15.4. The van der Waals surface area contributed by atoms with Crippen molar-refractivity contribution >= 4 is 12.0 Å². The Morgan fingerprint density at radius 3 is 2.62 bits per heavy atom. The van der Waals surface area contributed by atoms with Crippen molar-refractivity contribution in [3.8, 4) is 0 Å². The lowest BCUT2D eigenvalue weighted by Gasteiger charge is -2.34. The number of amides is 2. The Hall–Kier alpha value is -2.05. The van der Waals surface area contributed by atoms with Crippen LogP contribution >= 0.6 is 0 Å². The zero-order valence-electron chi connectivity index (χ0n) is 12.5. The zero-order valence-corrected chi connectivity index (χ0v) is 12.5. The van der Waals surface area contributed by atoms with Gasteiger partial charge in [-0.3, -0.25) is 0 Å². The summed E-state index contributed by atoms with van der Waals surface area (Å²) >= 11 is 0. The van der Waals surface area contributed by atoms with E-state index in [1.807, 2.05) is 4.90 Å². The smallest absolute Gasteiger partial charge is 0.356 e. The number of aromatic carboxylic acids is 1. The maximum atomic E-state index is 12.1. The molecular weight excluding hydrogens is 272 g/mol. The number of urea groups is 1. The van der Waals surface area contributed by atoms with E-state index in [4.69, 9.17) is 5.11 Å². The fraction of sp³-hybridized carbons (Fsp3) is 0.643. The van der Waals surface area contributed by atoms with Gasteiger partial charge in [0.2, 0.25) is 0 Å². The first kappa shape index (κ1) is 15.3. The summed E-state index contributed by atoms with van der Waals surface area (Å²) in [6.07, 6.45) is 4.08. The maximum absolute atomic E-state index is 12.1. The first-order valence-electron chi connectivity index (χ1n) is 7.23. The molecule has 1 saturated heterocycles. The van der Waals surface area contributed by atoms with E-state index in [1.54, 1.807) is 4.57 Å². The van der Waals surface area contributed by atoms with Crippen LogP contribution in [-0.4, -0.2) is 51.2 Å². The molecule has 1 aliphatic heterocycles. The molecule has 2 amide bonds. The van der Waals surface area contributed by atoms with Gasteiger partial charge in [0, 0.05) is 32.4 Å². The maximum Gasteiger partial charge on any atom is 0.356 e. The number of carboxylic acids is 1. The van der Waals surface area contributed by atoms with Crippen LogP contribution in [0.4, 0.5) is 4.79 Å². The fourth-order valence-corrected chi connectivity index (χ4v) is 2.83. The Balaban J connectivity index is 1.77. The van der Waals surface area contributed by atoms with Crippen LogP contribution in [0.5, 0.6) is 0 Å². The number of likely N-dealkylation sites (tertiary alicyclic amines) is 1. The number of aromatic nitrogens is 2. The average molecular weight is 294 g/mol. The highest BCUT2D eigenvalue weighted by Crippen LogP contribution is 2.20.